The lowest BCUT2D eigenvalue weighted by molar-refractivity contribution is -0.112. The maximum Gasteiger partial charge on any atom is 0.266 e. The van der Waals surface area contributed by atoms with Gasteiger partial charge in [-0.3, -0.25) is 4.79 Å². The number of nitrogens with one attached hydrogen (secondary N) is 1. The van der Waals surface area contributed by atoms with Gasteiger partial charge in [-0.2, -0.15) is 5.26 Å². The predicted octanol–water partition coefficient (Wildman–Crippen LogP) is 5.78. The highest BCUT2D eigenvalue weighted by Crippen LogP contribution is 2.37. The van der Waals surface area contributed by atoms with Crippen LogP contribution < -0.4 is 24.3 Å². The molecule has 3 aromatic rings. The summed E-state index contributed by atoms with van der Waals surface area (Å²) in [6.45, 7) is 2.50. The van der Waals surface area contributed by atoms with E-state index in [4.69, 9.17) is 18.9 Å². The molecule has 1 amide bonds. The fourth-order valence-corrected chi connectivity index (χ4v) is 3.77. The Morgan fingerprint density at radius 2 is 1.74 bits per heavy atom. The Labute approximate surface area is 213 Å². The first-order chi connectivity index (χ1) is 16.9. The summed E-state index contributed by atoms with van der Waals surface area (Å²) in [5.41, 5.74) is 2.18. The van der Waals surface area contributed by atoms with E-state index in [0.717, 1.165) is 5.56 Å². The van der Waals surface area contributed by atoms with Crippen LogP contribution in [0.2, 0.25) is 0 Å². The molecule has 0 aromatic heterocycles. The van der Waals surface area contributed by atoms with Gasteiger partial charge in [0.15, 0.2) is 11.5 Å². The number of carbonyl (C=O) groups excluding carboxylic acids is 1. The zero-order valence-corrected chi connectivity index (χ0v) is 21.2. The van der Waals surface area contributed by atoms with Crippen LogP contribution in [0.5, 0.6) is 23.0 Å². The molecule has 35 heavy (non-hydrogen) atoms. The molecule has 0 fully saturated rings. The van der Waals surface area contributed by atoms with Gasteiger partial charge in [-0.05, 0) is 76.5 Å². The van der Waals surface area contributed by atoms with E-state index in [-0.39, 0.29) is 12.2 Å². The molecule has 3 rings (SSSR count). The third-order valence-corrected chi connectivity index (χ3v) is 5.43. The molecule has 0 atom stereocenters. The summed E-state index contributed by atoms with van der Waals surface area (Å²) < 4.78 is 22.8. The fraction of sp³-hybridized carbons (Fsp3) is 0.185. The van der Waals surface area contributed by atoms with Crippen LogP contribution in [-0.4, -0.2) is 33.3 Å². The van der Waals surface area contributed by atoms with Gasteiger partial charge in [0.2, 0.25) is 0 Å². The van der Waals surface area contributed by atoms with Crippen molar-refractivity contribution in [1.29, 1.82) is 5.26 Å². The number of benzene rings is 3. The number of halogens is 1. The summed E-state index contributed by atoms with van der Waals surface area (Å²) in [4.78, 5) is 12.6. The molecule has 0 aliphatic heterocycles. The Hall–Kier alpha value is -3.96. The molecule has 8 heteroatoms. The van der Waals surface area contributed by atoms with Gasteiger partial charge in [0.1, 0.15) is 36.4 Å². The van der Waals surface area contributed by atoms with Gasteiger partial charge >= 0.3 is 0 Å². The summed E-state index contributed by atoms with van der Waals surface area (Å²) in [5, 5.41) is 12.3. The minimum absolute atomic E-state index is 0.0409. The molecular formula is C27H25BrN2O5. The quantitative estimate of drug-likeness (QED) is 0.200. The molecule has 0 aliphatic carbocycles. The first kappa shape index (κ1) is 25.7. The number of methoxy groups -OCH3 is 2. The summed E-state index contributed by atoms with van der Waals surface area (Å²) in [6.07, 6.45) is 1.49. The third kappa shape index (κ3) is 7.26. The predicted molar refractivity (Wildman–Crippen MR) is 138 cm³/mol. The Balaban J connectivity index is 1.69. The smallest absolute Gasteiger partial charge is 0.266 e. The second kappa shape index (κ2) is 12.5. The van der Waals surface area contributed by atoms with Crippen LogP contribution in [0, 0.1) is 18.3 Å². The molecule has 0 heterocycles. The Bertz CT molecular complexity index is 1270. The lowest BCUT2D eigenvalue weighted by atomic mass is 10.1. The topological polar surface area (TPSA) is 89.8 Å². The van der Waals surface area contributed by atoms with Gasteiger partial charge in [-0.15, -0.1) is 0 Å². The van der Waals surface area contributed by atoms with Crippen LogP contribution >= 0.6 is 15.9 Å². The average molecular weight is 537 g/mol. The largest absolute Gasteiger partial charge is 0.497 e. The number of carbonyl (C=O) groups is 1. The highest BCUT2D eigenvalue weighted by Gasteiger charge is 2.14. The molecule has 3 aromatic carbocycles. The highest BCUT2D eigenvalue weighted by molar-refractivity contribution is 9.10. The zero-order valence-electron chi connectivity index (χ0n) is 19.6. The zero-order chi connectivity index (χ0) is 25.2. The molecule has 0 radical (unpaired) electrons. The van der Waals surface area contributed by atoms with Crippen molar-refractivity contribution in [2.24, 2.45) is 0 Å². The number of anilines is 1. The van der Waals surface area contributed by atoms with Crippen LogP contribution in [0.25, 0.3) is 6.08 Å². The first-order valence-electron chi connectivity index (χ1n) is 10.7. The molecule has 7 nitrogen and oxygen atoms in total. The number of nitriles is 1. The van der Waals surface area contributed by atoms with E-state index < -0.39 is 5.91 Å². The van der Waals surface area contributed by atoms with Crippen LogP contribution in [0.4, 0.5) is 5.69 Å². The molecule has 180 valence electrons. The van der Waals surface area contributed by atoms with E-state index >= 15 is 0 Å². The number of ether oxygens (including phenoxy) is 4. The minimum atomic E-state index is -0.497. The van der Waals surface area contributed by atoms with Crippen LogP contribution in [0.1, 0.15) is 11.1 Å². The SMILES string of the molecule is COc1cccc(OCCOc2c(Br)cc(/C=C(\C#N)C(=O)Nc3cccc(C)c3)cc2OC)c1. The lowest BCUT2D eigenvalue weighted by Crippen LogP contribution is -2.13. The Morgan fingerprint density at radius 3 is 2.46 bits per heavy atom. The molecule has 0 aliphatic rings. The molecule has 0 bridgehead atoms. The van der Waals surface area contributed by atoms with Crippen molar-refractivity contribution in [2.45, 2.75) is 6.92 Å². The van der Waals surface area contributed by atoms with E-state index in [1.807, 2.05) is 49.4 Å². The summed E-state index contributed by atoms with van der Waals surface area (Å²) >= 11 is 3.49. The summed E-state index contributed by atoms with van der Waals surface area (Å²) in [6, 6.07) is 20.1. The van der Waals surface area contributed by atoms with Gasteiger partial charge in [0.05, 0.1) is 18.7 Å². The standard InChI is InChI=1S/C27H25BrN2O5/c1-18-6-4-7-21(12-18)30-27(31)20(17-29)13-19-14-24(28)26(25(15-19)33-3)35-11-10-34-23-9-5-8-22(16-23)32-2/h4-9,12-16H,10-11H2,1-3H3,(H,30,31)/b20-13+. The number of aryl methyl sites for hydroxylation is 1. The third-order valence-electron chi connectivity index (χ3n) is 4.84. The number of hydrogen-bond donors (Lipinski definition) is 1. The van der Waals surface area contributed by atoms with Crippen LogP contribution in [0.15, 0.2) is 70.7 Å². The number of amides is 1. The maximum atomic E-state index is 12.6. The molecule has 0 saturated heterocycles. The maximum absolute atomic E-state index is 12.6. The molecule has 0 saturated carbocycles. The normalized spacial score (nSPS) is 10.8. The lowest BCUT2D eigenvalue weighted by Gasteiger charge is -2.14. The average Bonchev–Trinajstić information content (AvgIpc) is 2.85. The second-order valence-electron chi connectivity index (χ2n) is 7.40. The monoisotopic (exact) mass is 536 g/mol. The van der Waals surface area contributed by atoms with Crippen LogP contribution in [-0.2, 0) is 4.79 Å². The highest BCUT2D eigenvalue weighted by atomic mass is 79.9. The van der Waals surface area contributed by atoms with Crippen molar-refractivity contribution >= 4 is 33.6 Å². The van der Waals surface area contributed by atoms with E-state index in [0.29, 0.717) is 45.3 Å². The van der Waals surface area contributed by atoms with E-state index in [1.54, 1.807) is 31.4 Å². The fourth-order valence-electron chi connectivity index (χ4n) is 3.19. The van der Waals surface area contributed by atoms with Crippen molar-refractivity contribution in [2.75, 3.05) is 32.8 Å². The molecular weight excluding hydrogens is 512 g/mol. The Morgan fingerprint density at radius 1 is 1.00 bits per heavy atom. The van der Waals surface area contributed by atoms with Crippen molar-refractivity contribution in [3.63, 3.8) is 0 Å². The molecule has 0 unspecified atom stereocenters. The minimum Gasteiger partial charge on any atom is -0.497 e. The van der Waals surface area contributed by atoms with Gasteiger partial charge in [0, 0.05) is 11.8 Å². The van der Waals surface area contributed by atoms with Crippen LogP contribution in [0.3, 0.4) is 0 Å². The molecule has 0 spiro atoms. The summed E-state index contributed by atoms with van der Waals surface area (Å²) in [7, 11) is 3.12. The van der Waals surface area contributed by atoms with Gasteiger partial charge in [-0.25, -0.2) is 0 Å². The number of hydrogen-bond acceptors (Lipinski definition) is 6. The summed E-state index contributed by atoms with van der Waals surface area (Å²) in [5.74, 6) is 1.82. The van der Waals surface area contributed by atoms with Gasteiger partial charge < -0.3 is 24.3 Å². The van der Waals surface area contributed by atoms with Gasteiger partial charge in [0.25, 0.3) is 5.91 Å². The van der Waals surface area contributed by atoms with E-state index in [9.17, 15) is 10.1 Å². The van der Waals surface area contributed by atoms with Gasteiger partial charge in [-0.1, -0.05) is 18.2 Å². The van der Waals surface area contributed by atoms with Crippen molar-refractivity contribution in [3.05, 3.63) is 81.8 Å². The first-order valence-corrected chi connectivity index (χ1v) is 11.5. The van der Waals surface area contributed by atoms with E-state index in [2.05, 4.69) is 21.2 Å². The van der Waals surface area contributed by atoms with Crippen molar-refractivity contribution in [1.82, 2.24) is 0 Å². The number of nitrogens with zero attached hydrogens (tertiary/aromatic N) is 1. The van der Waals surface area contributed by atoms with Crippen molar-refractivity contribution < 1.29 is 23.7 Å². The second-order valence-corrected chi connectivity index (χ2v) is 8.26. The Kier molecular flexibility index (Phi) is 9.16. The van der Waals surface area contributed by atoms with Crippen molar-refractivity contribution in [3.8, 4) is 29.1 Å². The van der Waals surface area contributed by atoms with E-state index in [1.165, 1.54) is 13.2 Å². The number of rotatable bonds is 10. The molecule has 1 N–H and O–H groups in total.